The second-order valence-electron chi connectivity index (χ2n) is 3.67. The molecule has 1 atom stereocenters. The van der Waals surface area contributed by atoms with E-state index in [1.54, 1.807) is 6.92 Å². The molecular weight excluding hydrogens is 256 g/mol. The van der Waals surface area contributed by atoms with Gasteiger partial charge in [0.15, 0.2) is 6.10 Å². The summed E-state index contributed by atoms with van der Waals surface area (Å²) in [5.41, 5.74) is 6.06. The molecule has 0 spiro atoms. The van der Waals surface area contributed by atoms with E-state index in [2.05, 4.69) is 5.32 Å². The van der Waals surface area contributed by atoms with Gasteiger partial charge in [0, 0.05) is 17.3 Å². The largest absolute Gasteiger partial charge is 0.449 e. The van der Waals surface area contributed by atoms with Crippen LogP contribution in [-0.2, 0) is 9.53 Å². The van der Waals surface area contributed by atoms with E-state index < -0.39 is 12.1 Å². The summed E-state index contributed by atoms with van der Waals surface area (Å²) < 4.78 is 5.00. The molecule has 0 saturated carbocycles. The Morgan fingerprint density at radius 3 is 2.72 bits per heavy atom. The zero-order valence-corrected chi connectivity index (χ0v) is 11.0. The van der Waals surface area contributed by atoms with Crippen molar-refractivity contribution in [2.24, 2.45) is 0 Å². The maximum absolute atomic E-state index is 11.8. The molecule has 0 aliphatic heterocycles. The number of carbonyl (C=O) groups is 2. The molecule has 1 aromatic rings. The van der Waals surface area contributed by atoms with E-state index in [1.807, 2.05) is 0 Å². The van der Waals surface area contributed by atoms with Crippen molar-refractivity contribution in [3.63, 3.8) is 0 Å². The van der Waals surface area contributed by atoms with Gasteiger partial charge < -0.3 is 15.8 Å². The minimum Gasteiger partial charge on any atom is -0.449 e. The predicted octanol–water partition coefficient (Wildman–Crippen LogP) is 1.60. The van der Waals surface area contributed by atoms with Crippen molar-refractivity contribution < 1.29 is 14.3 Å². The van der Waals surface area contributed by atoms with Crippen molar-refractivity contribution in [2.45, 2.75) is 20.0 Å². The summed E-state index contributed by atoms with van der Waals surface area (Å²) in [6.45, 7) is 3.75. The number of halogens is 1. The van der Waals surface area contributed by atoms with Crippen LogP contribution < -0.4 is 11.1 Å². The molecule has 1 rings (SSSR count). The lowest BCUT2D eigenvalue weighted by Gasteiger charge is -2.13. The lowest BCUT2D eigenvalue weighted by atomic mass is 10.2. The van der Waals surface area contributed by atoms with Gasteiger partial charge in [0.2, 0.25) is 0 Å². The standard InChI is InChI=1S/C12H15ClN2O3/c1-3-15-11(16)7(2)18-12(17)9-5-4-8(13)6-10(9)14/h4-7H,3,14H2,1-2H3,(H,15,16)/t7-/m0/s1. The van der Waals surface area contributed by atoms with Gasteiger partial charge in [-0.05, 0) is 32.0 Å². The van der Waals surface area contributed by atoms with E-state index in [0.717, 1.165) is 0 Å². The number of nitrogens with one attached hydrogen (secondary N) is 1. The second kappa shape index (κ2) is 6.26. The van der Waals surface area contributed by atoms with Gasteiger partial charge in [-0.1, -0.05) is 11.6 Å². The van der Waals surface area contributed by atoms with Gasteiger partial charge in [-0.15, -0.1) is 0 Å². The van der Waals surface area contributed by atoms with Gasteiger partial charge >= 0.3 is 5.97 Å². The first-order chi connectivity index (χ1) is 8.45. The molecule has 1 amide bonds. The zero-order valence-electron chi connectivity index (χ0n) is 10.2. The van der Waals surface area contributed by atoms with Crippen molar-refractivity contribution in [3.8, 4) is 0 Å². The third-order valence-corrected chi connectivity index (χ3v) is 2.47. The first-order valence-electron chi connectivity index (χ1n) is 5.49. The molecule has 18 heavy (non-hydrogen) atoms. The average Bonchev–Trinajstić information content (AvgIpc) is 2.28. The Kier molecular flexibility index (Phi) is 4.97. The molecule has 0 saturated heterocycles. The average molecular weight is 271 g/mol. The van der Waals surface area contributed by atoms with Crippen LogP contribution in [0.5, 0.6) is 0 Å². The highest BCUT2D eigenvalue weighted by Crippen LogP contribution is 2.19. The lowest BCUT2D eigenvalue weighted by Crippen LogP contribution is -2.35. The van der Waals surface area contributed by atoms with Crippen molar-refractivity contribution in [3.05, 3.63) is 28.8 Å². The molecule has 0 radical (unpaired) electrons. The van der Waals surface area contributed by atoms with Crippen LogP contribution in [0, 0.1) is 0 Å². The molecule has 0 aliphatic rings. The summed E-state index contributed by atoms with van der Waals surface area (Å²) in [6, 6.07) is 4.45. The smallest absolute Gasteiger partial charge is 0.341 e. The number of carbonyl (C=O) groups excluding carboxylic acids is 2. The van der Waals surface area contributed by atoms with E-state index in [0.29, 0.717) is 11.6 Å². The van der Waals surface area contributed by atoms with Crippen LogP contribution >= 0.6 is 11.6 Å². The number of anilines is 1. The van der Waals surface area contributed by atoms with Crippen molar-refractivity contribution >= 4 is 29.2 Å². The highest BCUT2D eigenvalue weighted by atomic mass is 35.5. The monoisotopic (exact) mass is 270 g/mol. The number of hydrogen-bond donors (Lipinski definition) is 2. The number of amides is 1. The predicted molar refractivity (Wildman–Crippen MR) is 69.4 cm³/mol. The van der Waals surface area contributed by atoms with Gasteiger partial charge in [0.05, 0.1) is 5.56 Å². The van der Waals surface area contributed by atoms with Gasteiger partial charge in [0.1, 0.15) is 0 Å². The van der Waals surface area contributed by atoms with Crippen LogP contribution in [0.25, 0.3) is 0 Å². The number of nitrogen functional groups attached to an aromatic ring is 1. The summed E-state index contributed by atoms with van der Waals surface area (Å²) in [4.78, 5) is 23.2. The Bertz CT molecular complexity index is 463. The molecule has 3 N–H and O–H groups in total. The van der Waals surface area contributed by atoms with Crippen LogP contribution in [0.15, 0.2) is 18.2 Å². The quantitative estimate of drug-likeness (QED) is 0.643. The molecule has 6 heteroatoms. The molecule has 0 heterocycles. The molecule has 0 bridgehead atoms. The summed E-state index contributed by atoms with van der Waals surface area (Å²) >= 11 is 5.72. The molecule has 98 valence electrons. The van der Waals surface area contributed by atoms with E-state index in [9.17, 15) is 9.59 Å². The van der Waals surface area contributed by atoms with Crippen LogP contribution in [0.2, 0.25) is 5.02 Å². The number of ether oxygens (including phenoxy) is 1. The maximum atomic E-state index is 11.8. The molecule has 0 unspecified atom stereocenters. The number of benzene rings is 1. The normalized spacial score (nSPS) is 11.7. The Morgan fingerprint density at radius 1 is 1.50 bits per heavy atom. The van der Waals surface area contributed by atoms with Crippen molar-refractivity contribution in [1.82, 2.24) is 5.32 Å². The molecule has 0 fully saturated rings. The zero-order chi connectivity index (χ0) is 13.7. The van der Waals surface area contributed by atoms with E-state index in [1.165, 1.54) is 25.1 Å². The summed E-state index contributed by atoms with van der Waals surface area (Å²) in [5.74, 6) is -0.999. The SMILES string of the molecule is CCNC(=O)[C@H](C)OC(=O)c1ccc(Cl)cc1N. The fourth-order valence-corrected chi connectivity index (χ4v) is 1.50. The number of nitrogens with two attached hydrogens (primary N) is 1. The lowest BCUT2D eigenvalue weighted by molar-refractivity contribution is -0.128. The fourth-order valence-electron chi connectivity index (χ4n) is 1.31. The highest BCUT2D eigenvalue weighted by Gasteiger charge is 2.19. The van der Waals surface area contributed by atoms with Crippen LogP contribution in [0.4, 0.5) is 5.69 Å². The molecular formula is C12H15ClN2O3. The molecule has 1 aromatic carbocycles. The first-order valence-corrected chi connectivity index (χ1v) is 5.87. The summed E-state index contributed by atoms with van der Waals surface area (Å²) in [7, 11) is 0. The first kappa shape index (κ1) is 14.3. The van der Waals surface area contributed by atoms with Gasteiger partial charge in [-0.3, -0.25) is 4.79 Å². The minimum absolute atomic E-state index is 0.190. The Hall–Kier alpha value is -1.75. The summed E-state index contributed by atoms with van der Waals surface area (Å²) in [5, 5.41) is 2.99. The topological polar surface area (TPSA) is 81.4 Å². The van der Waals surface area contributed by atoms with Gasteiger partial charge in [0.25, 0.3) is 5.91 Å². The van der Waals surface area contributed by atoms with Crippen molar-refractivity contribution in [2.75, 3.05) is 12.3 Å². The summed E-state index contributed by atoms with van der Waals surface area (Å²) in [6.07, 6.45) is -0.868. The molecule has 0 aromatic heterocycles. The third-order valence-electron chi connectivity index (χ3n) is 2.24. The van der Waals surface area contributed by atoms with E-state index >= 15 is 0 Å². The van der Waals surface area contributed by atoms with Crippen LogP contribution in [-0.4, -0.2) is 24.5 Å². The minimum atomic E-state index is -0.868. The highest BCUT2D eigenvalue weighted by molar-refractivity contribution is 6.31. The number of likely N-dealkylation sites (N-methyl/N-ethyl adjacent to an activating group) is 1. The molecule has 5 nitrogen and oxygen atoms in total. The van der Waals surface area contributed by atoms with Crippen LogP contribution in [0.1, 0.15) is 24.2 Å². The Labute approximate surface area is 110 Å². The van der Waals surface area contributed by atoms with Gasteiger partial charge in [-0.25, -0.2) is 4.79 Å². The maximum Gasteiger partial charge on any atom is 0.341 e. The Balaban J connectivity index is 2.73. The fraction of sp³-hybridized carbons (Fsp3) is 0.333. The number of esters is 1. The van der Waals surface area contributed by atoms with Gasteiger partial charge in [-0.2, -0.15) is 0 Å². The van der Waals surface area contributed by atoms with Crippen LogP contribution in [0.3, 0.4) is 0 Å². The number of hydrogen-bond acceptors (Lipinski definition) is 4. The van der Waals surface area contributed by atoms with E-state index in [4.69, 9.17) is 22.1 Å². The molecule has 0 aliphatic carbocycles. The van der Waals surface area contributed by atoms with E-state index in [-0.39, 0.29) is 17.2 Å². The third kappa shape index (κ3) is 3.63. The Morgan fingerprint density at radius 2 is 2.17 bits per heavy atom. The second-order valence-corrected chi connectivity index (χ2v) is 4.11. The van der Waals surface area contributed by atoms with Crippen molar-refractivity contribution in [1.29, 1.82) is 0 Å². The number of rotatable bonds is 4.